The number of allylic oxidation sites excluding steroid dienone is 1. The summed E-state index contributed by atoms with van der Waals surface area (Å²) in [4.78, 5) is 36.9. The van der Waals surface area contributed by atoms with Gasteiger partial charge in [-0.3, -0.25) is 15.0 Å². The molecule has 0 saturated carbocycles. The molecule has 0 saturated heterocycles. The molecule has 0 bridgehead atoms. The normalized spacial score (nSPS) is 12.9. The van der Waals surface area contributed by atoms with Gasteiger partial charge < -0.3 is 4.90 Å². The minimum absolute atomic E-state index is 0.0148. The first-order valence-corrected chi connectivity index (χ1v) is 10.3. The van der Waals surface area contributed by atoms with Crippen LogP contribution in [-0.4, -0.2) is 40.4 Å². The third kappa shape index (κ3) is 5.25. The van der Waals surface area contributed by atoms with Crippen molar-refractivity contribution < 1.29 is 9.59 Å². The Kier molecular flexibility index (Phi) is 6.98. The highest BCUT2D eigenvalue weighted by Crippen LogP contribution is 2.29. The number of rotatable bonds is 5. The number of hydrogen-bond acceptors (Lipinski definition) is 5. The summed E-state index contributed by atoms with van der Waals surface area (Å²) in [5, 5.41) is 11.7. The van der Waals surface area contributed by atoms with Gasteiger partial charge in [-0.05, 0) is 54.7 Å². The van der Waals surface area contributed by atoms with Crippen molar-refractivity contribution in [2.24, 2.45) is 0 Å². The summed E-state index contributed by atoms with van der Waals surface area (Å²) in [6, 6.07) is 6.95. The van der Waals surface area contributed by atoms with Crippen LogP contribution in [0.25, 0.3) is 6.08 Å². The molecule has 1 N–H and O–H groups in total. The maximum Gasteiger partial charge on any atom is 0.328 e. The van der Waals surface area contributed by atoms with Gasteiger partial charge in [0, 0.05) is 33.3 Å². The second kappa shape index (κ2) is 9.85. The van der Waals surface area contributed by atoms with Crippen LogP contribution in [0.3, 0.4) is 0 Å². The summed E-state index contributed by atoms with van der Waals surface area (Å²) in [6.07, 6.45) is 7.86. The monoisotopic (exact) mass is 418 g/mol. The van der Waals surface area contributed by atoms with Gasteiger partial charge in [-0.25, -0.2) is 14.8 Å². The van der Waals surface area contributed by atoms with Gasteiger partial charge in [0.1, 0.15) is 17.7 Å². The van der Waals surface area contributed by atoms with Gasteiger partial charge in [-0.15, -0.1) is 0 Å². The van der Waals surface area contributed by atoms with Gasteiger partial charge in [-0.2, -0.15) is 5.26 Å². The SMILES string of the molecule is CC/C=C/c1nc2c(cc1CN(C)C(C)=O)CCCN2C(=O)Nc1ccc(C#N)cn1. The van der Waals surface area contributed by atoms with Gasteiger partial charge in [0.2, 0.25) is 5.91 Å². The van der Waals surface area contributed by atoms with Gasteiger partial charge in [0.05, 0.1) is 11.3 Å². The van der Waals surface area contributed by atoms with Crippen LogP contribution in [0.1, 0.15) is 49.1 Å². The molecule has 160 valence electrons. The number of pyridine rings is 2. The topological polar surface area (TPSA) is 102 Å². The Hall–Kier alpha value is -3.73. The Morgan fingerprint density at radius 1 is 1.39 bits per heavy atom. The minimum atomic E-state index is -0.315. The van der Waals surface area contributed by atoms with Crippen molar-refractivity contribution in [1.29, 1.82) is 5.26 Å². The van der Waals surface area contributed by atoms with E-state index in [-0.39, 0.29) is 11.9 Å². The highest BCUT2D eigenvalue weighted by atomic mass is 16.2. The van der Waals surface area contributed by atoms with E-state index in [0.717, 1.165) is 36.1 Å². The molecule has 0 fully saturated rings. The first kappa shape index (κ1) is 22.0. The van der Waals surface area contributed by atoms with Crippen molar-refractivity contribution in [3.8, 4) is 6.07 Å². The van der Waals surface area contributed by atoms with Crippen LogP contribution in [0.15, 0.2) is 30.5 Å². The second-order valence-corrected chi connectivity index (χ2v) is 7.43. The van der Waals surface area contributed by atoms with Crippen LogP contribution >= 0.6 is 0 Å². The minimum Gasteiger partial charge on any atom is -0.342 e. The van der Waals surface area contributed by atoms with Crippen LogP contribution in [0.4, 0.5) is 16.4 Å². The van der Waals surface area contributed by atoms with E-state index in [2.05, 4.69) is 16.4 Å². The first-order chi connectivity index (χ1) is 14.9. The predicted octanol–water partition coefficient (Wildman–Crippen LogP) is 3.73. The number of aromatic nitrogens is 2. The third-order valence-corrected chi connectivity index (χ3v) is 5.10. The molecule has 1 aliphatic rings. The smallest absolute Gasteiger partial charge is 0.328 e. The van der Waals surface area contributed by atoms with Gasteiger partial charge >= 0.3 is 6.03 Å². The molecule has 0 spiro atoms. The molecule has 2 aromatic rings. The van der Waals surface area contributed by atoms with Crippen LogP contribution < -0.4 is 10.2 Å². The molecule has 1 aliphatic heterocycles. The lowest BCUT2D eigenvalue weighted by Gasteiger charge is -2.29. The van der Waals surface area contributed by atoms with Gasteiger partial charge in [0.25, 0.3) is 0 Å². The first-order valence-electron chi connectivity index (χ1n) is 10.3. The summed E-state index contributed by atoms with van der Waals surface area (Å²) in [5.74, 6) is 0.989. The van der Waals surface area contributed by atoms with E-state index in [1.807, 2.05) is 25.1 Å². The van der Waals surface area contributed by atoms with Crippen LogP contribution in [0.5, 0.6) is 0 Å². The molecule has 3 heterocycles. The summed E-state index contributed by atoms with van der Waals surface area (Å²) >= 11 is 0. The maximum absolute atomic E-state index is 13.0. The molecule has 0 aliphatic carbocycles. The Balaban J connectivity index is 1.91. The zero-order valence-corrected chi connectivity index (χ0v) is 18.1. The van der Waals surface area contributed by atoms with Crippen LogP contribution in [-0.2, 0) is 17.8 Å². The number of anilines is 2. The Labute approximate surface area is 182 Å². The number of nitriles is 1. The zero-order valence-electron chi connectivity index (χ0n) is 18.1. The number of nitrogens with one attached hydrogen (secondary N) is 1. The van der Waals surface area contributed by atoms with E-state index in [4.69, 9.17) is 10.2 Å². The molecule has 3 rings (SSSR count). The molecule has 0 unspecified atom stereocenters. The lowest BCUT2D eigenvalue weighted by atomic mass is 10.0. The summed E-state index contributed by atoms with van der Waals surface area (Å²) in [7, 11) is 1.76. The quantitative estimate of drug-likeness (QED) is 0.797. The fourth-order valence-electron chi connectivity index (χ4n) is 3.33. The summed E-state index contributed by atoms with van der Waals surface area (Å²) in [6.45, 7) is 4.59. The molecule has 31 heavy (non-hydrogen) atoms. The predicted molar refractivity (Wildman–Crippen MR) is 119 cm³/mol. The largest absolute Gasteiger partial charge is 0.342 e. The Bertz CT molecular complexity index is 1040. The van der Waals surface area contributed by atoms with E-state index in [0.29, 0.717) is 30.3 Å². The third-order valence-electron chi connectivity index (χ3n) is 5.10. The van der Waals surface area contributed by atoms with Crippen LogP contribution in [0.2, 0.25) is 0 Å². The number of carbonyl (C=O) groups excluding carboxylic acids is 2. The van der Waals surface area contributed by atoms with Crippen molar-refractivity contribution in [2.75, 3.05) is 23.8 Å². The highest BCUT2D eigenvalue weighted by Gasteiger charge is 2.26. The van der Waals surface area contributed by atoms with Crippen molar-refractivity contribution in [2.45, 2.75) is 39.7 Å². The number of urea groups is 1. The Morgan fingerprint density at radius 2 is 2.19 bits per heavy atom. The van der Waals surface area contributed by atoms with E-state index in [1.165, 1.54) is 13.1 Å². The van der Waals surface area contributed by atoms with Gasteiger partial charge in [-0.1, -0.05) is 13.0 Å². The molecule has 8 nitrogen and oxygen atoms in total. The Morgan fingerprint density at radius 3 is 2.84 bits per heavy atom. The fourth-order valence-corrected chi connectivity index (χ4v) is 3.33. The molecule has 0 aromatic carbocycles. The average molecular weight is 419 g/mol. The molecule has 8 heteroatoms. The van der Waals surface area contributed by atoms with Crippen molar-refractivity contribution in [3.05, 3.63) is 52.9 Å². The van der Waals surface area contributed by atoms with Crippen molar-refractivity contribution in [1.82, 2.24) is 14.9 Å². The number of aryl methyl sites for hydroxylation is 1. The molecular formula is C23H26N6O2. The number of nitrogens with zero attached hydrogens (tertiary/aromatic N) is 5. The second-order valence-electron chi connectivity index (χ2n) is 7.43. The van der Waals surface area contributed by atoms with E-state index >= 15 is 0 Å². The maximum atomic E-state index is 13.0. The highest BCUT2D eigenvalue weighted by molar-refractivity contribution is 6.01. The van der Waals surface area contributed by atoms with E-state index in [9.17, 15) is 9.59 Å². The van der Waals surface area contributed by atoms with E-state index in [1.54, 1.807) is 29.0 Å². The fraction of sp³-hybridized carbons (Fsp3) is 0.348. The lowest BCUT2D eigenvalue weighted by Crippen LogP contribution is -2.40. The number of amides is 3. The van der Waals surface area contributed by atoms with E-state index < -0.39 is 0 Å². The van der Waals surface area contributed by atoms with Crippen molar-refractivity contribution in [3.63, 3.8) is 0 Å². The molecule has 0 radical (unpaired) electrons. The van der Waals surface area contributed by atoms with Crippen LogP contribution in [0, 0.1) is 11.3 Å². The number of carbonyl (C=O) groups is 2. The zero-order chi connectivity index (χ0) is 22.4. The molecule has 2 aromatic heterocycles. The van der Waals surface area contributed by atoms with Crippen molar-refractivity contribution >= 4 is 29.7 Å². The number of fused-ring (bicyclic) bond motifs is 1. The summed E-state index contributed by atoms with van der Waals surface area (Å²) in [5.41, 5.74) is 3.12. The standard InChI is InChI=1S/C23H26N6O2/c1-4-5-8-20-19(15-28(3)16(2)30)12-18-7-6-11-29(22(18)26-20)23(31)27-21-10-9-17(13-24)14-25-21/h5,8-10,12,14H,4,6-7,11,15H2,1-3H3,(H,25,27,31)/b8-5+. The lowest BCUT2D eigenvalue weighted by molar-refractivity contribution is -0.128. The molecule has 0 atom stereocenters. The summed E-state index contributed by atoms with van der Waals surface area (Å²) < 4.78 is 0. The molecular weight excluding hydrogens is 392 g/mol. The van der Waals surface area contributed by atoms with Gasteiger partial charge in [0.15, 0.2) is 0 Å². The molecule has 3 amide bonds. The average Bonchev–Trinajstić information content (AvgIpc) is 2.77. The number of hydrogen-bond donors (Lipinski definition) is 1.